The molecular formula is C14H16F2OS. The molecule has 0 bridgehead atoms. The van der Waals surface area contributed by atoms with Crippen molar-refractivity contribution < 1.29 is 13.6 Å². The lowest BCUT2D eigenvalue weighted by Crippen LogP contribution is -2.28. The zero-order valence-corrected chi connectivity index (χ0v) is 10.9. The molecule has 4 heteroatoms. The summed E-state index contributed by atoms with van der Waals surface area (Å²) >= 11 is 0.543. The zero-order chi connectivity index (χ0) is 13.0. The van der Waals surface area contributed by atoms with E-state index in [1.54, 1.807) is 18.2 Å². The van der Waals surface area contributed by atoms with E-state index in [9.17, 15) is 13.6 Å². The molecule has 0 atom stereocenters. The van der Waals surface area contributed by atoms with E-state index >= 15 is 0 Å². The molecule has 1 aromatic carbocycles. The van der Waals surface area contributed by atoms with Crippen LogP contribution < -0.4 is 0 Å². The maximum atomic E-state index is 13.9. The van der Waals surface area contributed by atoms with Crippen LogP contribution >= 0.6 is 11.8 Å². The first-order valence-corrected chi connectivity index (χ1v) is 7.13. The van der Waals surface area contributed by atoms with E-state index in [4.69, 9.17) is 0 Å². The molecule has 0 heterocycles. The van der Waals surface area contributed by atoms with Crippen LogP contribution in [0.25, 0.3) is 0 Å². The third kappa shape index (κ3) is 3.31. The van der Waals surface area contributed by atoms with Crippen molar-refractivity contribution in [2.24, 2.45) is 0 Å². The number of hydrogen-bond acceptors (Lipinski definition) is 2. The Morgan fingerprint density at radius 3 is 2.33 bits per heavy atom. The van der Waals surface area contributed by atoms with Crippen molar-refractivity contribution in [1.82, 2.24) is 0 Å². The summed E-state index contributed by atoms with van der Waals surface area (Å²) in [5.41, 5.74) is 0.0887. The third-order valence-electron chi connectivity index (χ3n) is 3.17. The molecule has 1 aromatic rings. The maximum Gasteiger partial charge on any atom is 0.356 e. The molecule has 0 aromatic heterocycles. The van der Waals surface area contributed by atoms with Crippen LogP contribution in [0, 0.1) is 0 Å². The quantitative estimate of drug-likeness (QED) is 0.748. The van der Waals surface area contributed by atoms with Gasteiger partial charge >= 0.3 is 5.25 Å². The van der Waals surface area contributed by atoms with Crippen LogP contribution in [0.15, 0.2) is 30.3 Å². The molecule has 0 N–H and O–H groups in total. The van der Waals surface area contributed by atoms with E-state index in [2.05, 4.69) is 0 Å². The van der Waals surface area contributed by atoms with Crippen LogP contribution in [0.4, 0.5) is 8.78 Å². The maximum absolute atomic E-state index is 13.9. The first-order valence-electron chi connectivity index (χ1n) is 6.25. The average Bonchev–Trinajstić information content (AvgIpc) is 2.39. The Labute approximate surface area is 110 Å². The van der Waals surface area contributed by atoms with Gasteiger partial charge in [0.2, 0.25) is 5.78 Å². The van der Waals surface area contributed by atoms with Gasteiger partial charge in [-0.3, -0.25) is 4.79 Å². The van der Waals surface area contributed by atoms with Crippen molar-refractivity contribution in [1.29, 1.82) is 0 Å². The minimum Gasteiger partial charge on any atom is -0.286 e. The van der Waals surface area contributed by atoms with Gasteiger partial charge in [-0.25, -0.2) is 0 Å². The predicted molar refractivity (Wildman–Crippen MR) is 70.2 cm³/mol. The topological polar surface area (TPSA) is 17.1 Å². The van der Waals surface area contributed by atoms with Crippen molar-refractivity contribution >= 4 is 17.5 Å². The molecule has 0 spiro atoms. The fourth-order valence-electron chi connectivity index (χ4n) is 2.20. The Morgan fingerprint density at radius 1 is 1.11 bits per heavy atom. The predicted octanol–water partition coefficient (Wildman–Crippen LogP) is 4.53. The first kappa shape index (κ1) is 13.5. The molecule has 2 rings (SSSR count). The molecule has 0 amide bonds. The highest BCUT2D eigenvalue weighted by molar-refractivity contribution is 8.01. The summed E-state index contributed by atoms with van der Waals surface area (Å²) in [6.07, 6.45) is 4.69. The minimum absolute atomic E-state index is 0.0820. The lowest BCUT2D eigenvalue weighted by Gasteiger charge is -2.25. The second-order valence-corrected chi connectivity index (χ2v) is 6.00. The van der Waals surface area contributed by atoms with Gasteiger partial charge < -0.3 is 0 Å². The number of benzene rings is 1. The van der Waals surface area contributed by atoms with Gasteiger partial charge in [0.1, 0.15) is 0 Å². The standard InChI is InChI=1S/C14H16F2OS/c15-14(16,18-12-9-5-2-6-10-12)13(17)11-7-3-1-4-8-11/h1,3-4,7-8,12H,2,5-6,9-10H2. The van der Waals surface area contributed by atoms with E-state index in [0.29, 0.717) is 11.8 Å². The van der Waals surface area contributed by atoms with Crippen molar-refractivity contribution in [3.63, 3.8) is 0 Å². The fraction of sp³-hybridized carbons (Fsp3) is 0.500. The van der Waals surface area contributed by atoms with E-state index in [-0.39, 0.29) is 10.8 Å². The van der Waals surface area contributed by atoms with E-state index in [1.807, 2.05) is 0 Å². The smallest absolute Gasteiger partial charge is 0.286 e. The molecule has 0 aliphatic heterocycles. The van der Waals surface area contributed by atoms with Gasteiger partial charge in [-0.05, 0) is 12.8 Å². The highest BCUT2D eigenvalue weighted by Crippen LogP contribution is 2.40. The van der Waals surface area contributed by atoms with Crippen LogP contribution in [0.1, 0.15) is 42.5 Å². The van der Waals surface area contributed by atoms with Crippen molar-refractivity contribution in [3.05, 3.63) is 35.9 Å². The normalized spacial score (nSPS) is 17.7. The number of Topliss-reactive ketones (excluding diaryl/α,β-unsaturated/α-hetero) is 1. The van der Waals surface area contributed by atoms with Gasteiger partial charge in [-0.1, -0.05) is 61.4 Å². The number of rotatable bonds is 4. The van der Waals surface area contributed by atoms with Gasteiger partial charge in [-0.2, -0.15) is 8.78 Å². The Bertz CT molecular complexity index is 400. The first-order chi connectivity index (χ1) is 8.59. The molecule has 1 nitrogen and oxygen atoms in total. The highest BCUT2D eigenvalue weighted by Gasteiger charge is 2.42. The molecule has 1 fully saturated rings. The molecular weight excluding hydrogens is 254 g/mol. The number of thioether (sulfide) groups is 1. The molecule has 0 unspecified atom stereocenters. The van der Waals surface area contributed by atoms with Crippen LogP contribution in [-0.4, -0.2) is 16.3 Å². The second-order valence-electron chi connectivity index (χ2n) is 4.59. The van der Waals surface area contributed by atoms with Crippen LogP contribution in [0.3, 0.4) is 0 Å². The number of alkyl halides is 2. The minimum atomic E-state index is -3.30. The summed E-state index contributed by atoms with van der Waals surface area (Å²) in [7, 11) is 0. The lowest BCUT2D eigenvalue weighted by atomic mass is 10.0. The van der Waals surface area contributed by atoms with Gasteiger partial charge in [0.25, 0.3) is 0 Å². The van der Waals surface area contributed by atoms with Crippen LogP contribution in [0.2, 0.25) is 0 Å². The monoisotopic (exact) mass is 270 g/mol. The summed E-state index contributed by atoms with van der Waals surface area (Å²) in [4.78, 5) is 11.8. The lowest BCUT2D eigenvalue weighted by molar-refractivity contribution is 0.0563. The van der Waals surface area contributed by atoms with E-state index in [1.165, 1.54) is 12.1 Å². The molecule has 1 saturated carbocycles. The Morgan fingerprint density at radius 2 is 1.72 bits per heavy atom. The average molecular weight is 270 g/mol. The molecule has 0 saturated heterocycles. The molecule has 1 aliphatic rings. The van der Waals surface area contributed by atoms with Crippen LogP contribution in [0.5, 0.6) is 0 Å². The Hall–Kier alpha value is -0.900. The number of hydrogen-bond donors (Lipinski definition) is 0. The molecule has 1 aliphatic carbocycles. The number of ketones is 1. The van der Waals surface area contributed by atoms with Gasteiger partial charge in [-0.15, -0.1) is 0 Å². The second kappa shape index (κ2) is 5.83. The summed E-state index contributed by atoms with van der Waals surface area (Å²) in [5, 5.41) is -3.38. The fourth-order valence-corrected chi connectivity index (χ4v) is 3.42. The Kier molecular flexibility index (Phi) is 4.38. The van der Waals surface area contributed by atoms with Gasteiger partial charge in [0.05, 0.1) is 0 Å². The van der Waals surface area contributed by atoms with Crippen molar-refractivity contribution in [2.45, 2.75) is 42.6 Å². The summed E-state index contributed by atoms with van der Waals surface area (Å²) in [5.74, 6) is -1.07. The van der Waals surface area contributed by atoms with Gasteiger partial charge in [0, 0.05) is 10.8 Å². The largest absolute Gasteiger partial charge is 0.356 e. The SMILES string of the molecule is O=C(c1ccccc1)C(F)(F)SC1CCCCC1. The van der Waals surface area contributed by atoms with Crippen molar-refractivity contribution in [2.75, 3.05) is 0 Å². The van der Waals surface area contributed by atoms with Crippen LogP contribution in [-0.2, 0) is 0 Å². The summed E-state index contributed by atoms with van der Waals surface area (Å²) in [6.45, 7) is 0. The highest BCUT2D eigenvalue weighted by atomic mass is 32.2. The number of halogens is 2. The third-order valence-corrected chi connectivity index (χ3v) is 4.45. The van der Waals surface area contributed by atoms with E-state index in [0.717, 1.165) is 32.1 Å². The van der Waals surface area contributed by atoms with E-state index < -0.39 is 11.0 Å². The number of carbonyl (C=O) groups is 1. The van der Waals surface area contributed by atoms with Crippen molar-refractivity contribution in [3.8, 4) is 0 Å². The number of carbonyl (C=O) groups excluding carboxylic acids is 1. The molecule has 18 heavy (non-hydrogen) atoms. The summed E-state index contributed by atoms with van der Waals surface area (Å²) < 4.78 is 27.8. The Balaban J connectivity index is 2.03. The zero-order valence-electron chi connectivity index (χ0n) is 10.1. The summed E-state index contributed by atoms with van der Waals surface area (Å²) in [6, 6.07) is 7.81. The molecule has 0 radical (unpaired) electrons. The van der Waals surface area contributed by atoms with Gasteiger partial charge in [0.15, 0.2) is 0 Å². The molecule has 98 valence electrons.